The molecule has 0 aliphatic rings. The van der Waals surface area contributed by atoms with Crippen LogP contribution in [0.5, 0.6) is 0 Å². The maximum absolute atomic E-state index is 11.5. The van der Waals surface area contributed by atoms with Gasteiger partial charge in [-0.15, -0.1) is 0 Å². The fourth-order valence-electron chi connectivity index (χ4n) is 2.19. The number of aryl methyl sites for hydroxylation is 1. The molecule has 2 aromatic carbocycles. The number of alkyl halides is 1. The first-order chi connectivity index (χ1) is 9.97. The lowest BCUT2D eigenvalue weighted by atomic mass is 10.0. The number of nitrogens with zero attached hydrogens (tertiary/aromatic N) is 1. The molecule has 0 saturated heterocycles. The van der Waals surface area contributed by atoms with Crippen molar-refractivity contribution in [2.45, 2.75) is 4.83 Å². The van der Waals surface area contributed by atoms with Crippen LogP contribution >= 0.6 is 39.1 Å². The van der Waals surface area contributed by atoms with Gasteiger partial charge in [0.25, 0.3) is 0 Å². The van der Waals surface area contributed by atoms with E-state index in [9.17, 15) is 4.79 Å². The number of fused-ring (bicyclic) bond motifs is 1. The summed E-state index contributed by atoms with van der Waals surface area (Å²) in [5, 5.41) is 1.17. The van der Waals surface area contributed by atoms with E-state index in [4.69, 9.17) is 27.6 Å². The van der Waals surface area contributed by atoms with Crippen molar-refractivity contribution in [1.82, 2.24) is 4.57 Å². The van der Waals surface area contributed by atoms with Gasteiger partial charge in [-0.1, -0.05) is 51.3 Å². The van der Waals surface area contributed by atoms with E-state index < -0.39 is 0 Å². The predicted octanol–water partition coefficient (Wildman–Crippen LogP) is 4.92. The Morgan fingerprint density at radius 1 is 1.19 bits per heavy atom. The molecule has 0 spiro atoms. The molecule has 0 amide bonds. The summed E-state index contributed by atoms with van der Waals surface area (Å²) < 4.78 is 6.68. The SMILES string of the molecule is Cn1c(=O)oc2cc(C(Br)c3ccc(Cl)cc3Cl)ccc21. The highest BCUT2D eigenvalue weighted by Gasteiger charge is 2.16. The van der Waals surface area contributed by atoms with Crippen LogP contribution in [-0.2, 0) is 7.05 Å². The third kappa shape index (κ3) is 2.63. The summed E-state index contributed by atoms with van der Waals surface area (Å²) in [6, 6.07) is 11.0. The van der Waals surface area contributed by atoms with Gasteiger partial charge in [0, 0.05) is 17.1 Å². The number of rotatable bonds is 2. The fourth-order valence-corrected chi connectivity index (χ4v) is 3.53. The minimum absolute atomic E-state index is 0.114. The quantitative estimate of drug-likeness (QED) is 0.585. The molecule has 0 fully saturated rings. The van der Waals surface area contributed by atoms with Crippen molar-refractivity contribution in [1.29, 1.82) is 0 Å². The van der Waals surface area contributed by atoms with Crippen molar-refractivity contribution in [3.63, 3.8) is 0 Å². The number of hydrogen-bond acceptors (Lipinski definition) is 2. The van der Waals surface area contributed by atoms with E-state index in [0.29, 0.717) is 15.6 Å². The van der Waals surface area contributed by atoms with Gasteiger partial charge in [-0.3, -0.25) is 4.57 Å². The van der Waals surface area contributed by atoms with Crippen LogP contribution in [0.25, 0.3) is 11.1 Å². The van der Waals surface area contributed by atoms with Crippen LogP contribution in [0.4, 0.5) is 0 Å². The second-order valence-corrected chi connectivity index (χ2v) is 6.44. The average Bonchev–Trinajstić information content (AvgIpc) is 2.73. The summed E-state index contributed by atoms with van der Waals surface area (Å²) >= 11 is 15.8. The zero-order valence-corrected chi connectivity index (χ0v) is 14.0. The van der Waals surface area contributed by atoms with Crippen molar-refractivity contribution >= 4 is 50.2 Å². The Hall–Kier alpha value is -1.23. The Bertz CT molecular complexity index is 885. The Balaban J connectivity index is 2.09. The number of hydrogen-bond donors (Lipinski definition) is 0. The summed E-state index contributed by atoms with van der Waals surface area (Å²) in [6.45, 7) is 0. The van der Waals surface area contributed by atoms with Gasteiger partial charge in [-0.05, 0) is 35.4 Å². The molecular formula is C15H10BrCl2NO2. The Morgan fingerprint density at radius 2 is 1.95 bits per heavy atom. The molecular weight excluding hydrogens is 377 g/mol. The summed E-state index contributed by atoms with van der Waals surface area (Å²) in [7, 11) is 1.68. The van der Waals surface area contributed by atoms with Crippen LogP contribution in [0, 0.1) is 0 Å². The van der Waals surface area contributed by atoms with E-state index in [1.54, 1.807) is 19.2 Å². The van der Waals surface area contributed by atoms with Crippen molar-refractivity contribution in [2.75, 3.05) is 0 Å². The minimum atomic E-state index is -0.377. The number of oxazole rings is 1. The molecule has 0 bridgehead atoms. The topological polar surface area (TPSA) is 35.1 Å². The van der Waals surface area contributed by atoms with Gasteiger partial charge in [-0.25, -0.2) is 4.79 Å². The molecule has 3 rings (SSSR count). The molecule has 0 aliphatic heterocycles. The van der Waals surface area contributed by atoms with Gasteiger partial charge in [0.1, 0.15) is 0 Å². The molecule has 0 N–H and O–H groups in total. The van der Waals surface area contributed by atoms with Gasteiger partial charge in [0.15, 0.2) is 5.58 Å². The lowest BCUT2D eigenvalue weighted by molar-refractivity contribution is 0.528. The second-order valence-electron chi connectivity index (χ2n) is 4.68. The lowest BCUT2D eigenvalue weighted by Crippen LogP contribution is -2.08. The molecule has 1 unspecified atom stereocenters. The monoisotopic (exact) mass is 385 g/mol. The molecule has 0 saturated carbocycles. The minimum Gasteiger partial charge on any atom is -0.408 e. The molecule has 1 aromatic heterocycles. The number of halogens is 3. The molecule has 108 valence electrons. The normalized spacial score (nSPS) is 12.8. The van der Waals surface area contributed by atoms with Crippen LogP contribution in [0.15, 0.2) is 45.6 Å². The van der Waals surface area contributed by atoms with Crippen LogP contribution in [0.1, 0.15) is 16.0 Å². The van der Waals surface area contributed by atoms with Crippen LogP contribution in [0.2, 0.25) is 10.0 Å². The Labute approximate surface area is 139 Å². The standard InChI is InChI=1S/C15H10BrCl2NO2/c1-19-12-5-2-8(6-13(12)21-15(19)20)14(16)10-4-3-9(17)7-11(10)18/h2-7,14H,1H3. The highest BCUT2D eigenvalue weighted by Crippen LogP contribution is 2.37. The number of benzene rings is 2. The van der Waals surface area contributed by atoms with E-state index in [0.717, 1.165) is 16.6 Å². The van der Waals surface area contributed by atoms with Crippen molar-refractivity contribution in [3.05, 3.63) is 68.1 Å². The Kier molecular flexibility index (Phi) is 3.86. The summed E-state index contributed by atoms with van der Waals surface area (Å²) in [6.07, 6.45) is 0. The zero-order chi connectivity index (χ0) is 15.1. The number of aromatic nitrogens is 1. The highest BCUT2D eigenvalue weighted by atomic mass is 79.9. The van der Waals surface area contributed by atoms with Gasteiger partial charge in [0.2, 0.25) is 0 Å². The third-order valence-electron chi connectivity index (χ3n) is 3.34. The fraction of sp³-hybridized carbons (Fsp3) is 0.133. The molecule has 3 nitrogen and oxygen atoms in total. The predicted molar refractivity (Wildman–Crippen MR) is 88.7 cm³/mol. The average molecular weight is 387 g/mol. The van der Waals surface area contributed by atoms with Crippen LogP contribution in [0.3, 0.4) is 0 Å². The zero-order valence-electron chi connectivity index (χ0n) is 10.9. The van der Waals surface area contributed by atoms with Crippen molar-refractivity contribution < 1.29 is 4.42 Å². The second kappa shape index (κ2) is 5.52. The molecule has 1 atom stereocenters. The van der Waals surface area contributed by atoms with E-state index in [2.05, 4.69) is 15.9 Å². The van der Waals surface area contributed by atoms with Crippen molar-refractivity contribution in [2.24, 2.45) is 7.05 Å². The third-order valence-corrected chi connectivity index (χ3v) is 4.93. The molecule has 21 heavy (non-hydrogen) atoms. The van der Waals surface area contributed by atoms with E-state index in [1.807, 2.05) is 24.3 Å². The largest absolute Gasteiger partial charge is 0.419 e. The van der Waals surface area contributed by atoms with Gasteiger partial charge < -0.3 is 4.42 Å². The van der Waals surface area contributed by atoms with Crippen LogP contribution in [-0.4, -0.2) is 4.57 Å². The van der Waals surface area contributed by atoms with Crippen molar-refractivity contribution in [3.8, 4) is 0 Å². The molecule has 6 heteroatoms. The van der Waals surface area contributed by atoms with Gasteiger partial charge in [0.05, 0.1) is 10.3 Å². The maximum Gasteiger partial charge on any atom is 0.419 e. The Morgan fingerprint density at radius 3 is 2.67 bits per heavy atom. The van der Waals surface area contributed by atoms with E-state index in [-0.39, 0.29) is 10.6 Å². The first kappa shape index (κ1) is 14.7. The first-order valence-electron chi connectivity index (χ1n) is 6.16. The summed E-state index contributed by atoms with van der Waals surface area (Å²) in [5.74, 6) is -0.377. The lowest BCUT2D eigenvalue weighted by Gasteiger charge is -2.12. The molecule has 3 aromatic rings. The summed E-state index contributed by atoms with van der Waals surface area (Å²) in [4.78, 5) is 11.4. The highest BCUT2D eigenvalue weighted by molar-refractivity contribution is 9.09. The molecule has 0 radical (unpaired) electrons. The maximum atomic E-state index is 11.5. The van der Waals surface area contributed by atoms with Crippen LogP contribution < -0.4 is 5.76 Å². The van der Waals surface area contributed by atoms with E-state index >= 15 is 0 Å². The van der Waals surface area contributed by atoms with Gasteiger partial charge >= 0.3 is 5.76 Å². The smallest absolute Gasteiger partial charge is 0.408 e. The molecule has 0 aliphatic carbocycles. The molecule has 1 heterocycles. The first-order valence-corrected chi connectivity index (χ1v) is 7.83. The summed E-state index contributed by atoms with van der Waals surface area (Å²) in [5.41, 5.74) is 3.15. The van der Waals surface area contributed by atoms with Gasteiger partial charge in [-0.2, -0.15) is 0 Å². The van der Waals surface area contributed by atoms with E-state index in [1.165, 1.54) is 4.57 Å².